The van der Waals surface area contributed by atoms with Gasteiger partial charge in [-0.2, -0.15) is 0 Å². The van der Waals surface area contributed by atoms with Crippen molar-refractivity contribution in [3.63, 3.8) is 0 Å². The van der Waals surface area contributed by atoms with Gasteiger partial charge in [-0.05, 0) is 0 Å². The number of nitrogens with zero attached hydrogens (tertiary/aromatic N) is 2. The molecule has 0 amide bonds. The Kier molecular flexibility index (Phi) is 0.773. The van der Waals surface area contributed by atoms with E-state index in [9.17, 15) is 0 Å². The Morgan fingerprint density at radius 1 is 1.33 bits per heavy atom. The van der Waals surface area contributed by atoms with E-state index in [-0.39, 0.29) is 0 Å². The van der Waals surface area contributed by atoms with Crippen molar-refractivity contribution in [2.24, 2.45) is 0 Å². The van der Waals surface area contributed by atoms with E-state index in [0.717, 1.165) is 11.0 Å². The fourth-order valence-corrected chi connectivity index (χ4v) is 0.724. The van der Waals surface area contributed by atoms with Crippen LogP contribution in [0.1, 0.15) is 0 Å². The summed E-state index contributed by atoms with van der Waals surface area (Å²) in [6.07, 6.45) is 7.89. The van der Waals surface area contributed by atoms with Crippen molar-refractivity contribution < 1.29 is 0 Å². The molecule has 0 aliphatic heterocycles. The highest BCUT2D eigenvalue weighted by atomic mass is 14.8. The Morgan fingerprint density at radius 3 is 3.11 bits per heavy atom. The molecule has 0 saturated heterocycles. The van der Waals surface area contributed by atoms with Crippen LogP contribution in [0.5, 0.6) is 0 Å². The van der Waals surface area contributed by atoms with Crippen LogP contribution in [0.3, 0.4) is 0 Å². The topological polar surface area (TPSA) is 41.6 Å². The predicted molar refractivity (Wildman–Crippen MR) is 32.7 cm³/mol. The quantitative estimate of drug-likeness (QED) is 0.554. The highest BCUT2D eigenvalue weighted by Crippen LogP contribution is 2.02. The number of aromatic amines is 1. The van der Waals surface area contributed by atoms with Gasteiger partial charge in [-0.15, -0.1) is 0 Å². The fraction of sp³-hybridized carbons (Fsp3) is 0. The molecule has 0 atom stereocenters. The standard InChI is InChI=1S/C6H4N3/c1-2-9-6-4-7-3-5(6)8-1/h1-3,7H. The van der Waals surface area contributed by atoms with Gasteiger partial charge >= 0.3 is 0 Å². The average Bonchev–Trinajstić information content (AvgIpc) is 2.33. The van der Waals surface area contributed by atoms with E-state index in [4.69, 9.17) is 0 Å². The molecule has 0 spiro atoms. The largest absolute Gasteiger partial charge is 0.356 e. The Hall–Kier alpha value is -1.38. The van der Waals surface area contributed by atoms with Crippen LogP contribution >= 0.6 is 0 Å². The second kappa shape index (κ2) is 1.55. The van der Waals surface area contributed by atoms with Crippen LogP contribution in [-0.4, -0.2) is 15.0 Å². The van der Waals surface area contributed by atoms with E-state index in [2.05, 4.69) is 21.1 Å². The summed E-state index contributed by atoms with van der Waals surface area (Å²) in [5.74, 6) is 0. The lowest BCUT2D eigenvalue weighted by molar-refractivity contribution is 1.31. The highest BCUT2D eigenvalue weighted by molar-refractivity contribution is 5.71. The zero-order valence-corrected chi connectivity index (χ0v) is 4.63. The van der Waals surface area contributed by atoms with E-state index in [1.54, 1.807) is 18.6 Å². The molecule has 0 fully saturated rings. The van der Waals surface area contributed by atoms with E-state index in [0.29, 0.717) is 0 Å². The monoisotopic (exact) mass is 118 g/mol. The highest BCUT2D eigenvalue weighted by Gasteiger charge is 1.91. The molecule has 43 valence electrons. The zero-order valence-electron chi connectivity index (χ0n) is 4.63. The first-order valence-electron chi connectivity index (χ1n) is 2.62. The molecule has 0 aliphatic carbocycles. The molecule has 0 aromatic carbocycles. The summed E-state index contributed by atoms with van der Waals surface area (Å²) in [5.41, 5.74) is 1.65. The summed E-state index contributed by atoms with van der Waals surface area (Å²) in [6, 6.07) is 0. The number of H-pyrrole nitrogens is 1. The smallest absolute Gasteiger partial charge is 0.116 e. The maximum absolute atomic E-state index is 4.02. The minimum Gasteiger partial charge on any atom is -0.356 e. The summed E-state index contributed by atoms with van der Waals surface area (Å²) in [5, 5.41) is 0. The van der Waals surface area contributed by atoms with Crippen molar-refractivity contribution in [3.05, 3.63) is 24.8 Å². The second-order valence-electron chi connectivity index (χ2n) is 1.70. The summed E-state index contributed by atoms with van der Waals surface area (Å²) in [7, 11) is 0. The van der Waals surface area contributed by atoms with Crippen LogP contribution in [0, 0.1) is 6.20 Å². The lowest BCUT2D eigenvalue weighted by Gasteiger charge is -1.80. The van der Waals surface area contributed by atoms with Gasteiger partial charge in [0.05, 0.1) is 6.20 Å². The normalized spacial score (nSPS) is 10.2. The third-order valence-electron chi connectivity index (χ3n) is 1.13. The Morgan fingerprint density at radius 2 is 2.22 bits per heavy atom. The molecule has 0 aliphatic rings. The van der Waals surface area contributed by atoms with Gasteiger partial charge < -0.3 is 4.98 Å². The molecule has 1 radical (unpaired) electrons. The van der Waals surface area contributed by atoms with Crippen molar-refractivity contribution in [2.45, 2.75) is 0 Å². The number of fused-ring (bicyclic) bond motifs is 1. The number of hydrogen-bond donors (Lipinski definition) is 1. The van der Waals surface area contributed by atoms with Crippen molar-refractivity contribution in [3.8, 4) is 0 Å². The van der Waals surface area contributed by atoms with E-state index in [1.807, 2.05) is 0 Å². The van der Waals surface area contributed by atoms with Crippen LogP contribution in [-0.2, 0) is 0 Å². The Labute approximate surface area is 51.8 Å². The molecule has 0 saturated carbocycles. The minimum absolute atomic E-state index is 0.789. The molecule has 2 heterocycles. The van der Waals surface area contributed by atoms with Crippen molar-refractivity contribution >= 4 is 11.0 Å². The predicted octanol–water partition coefficient (Wildman–Crippen LogP) is 0.758. The zero-order chi connectivity index (χ0) is 6.10. The van der Waals surface area contributed by atoms with Gasteiger partial charge in [-0.3, -0.25) is 9.97 Å². The molecule has 9 heavy (non-hydrogen) atoms. The number of rotatable bonds is 0. The summed E-state index contributed by atoms with van der Waals surface area (Å²) >= 11 is 0. The van der Waals surface area contributed by atoms with Gasteiger partial charge in [0, 0.05) is 18.6 Å². The molecule has 3 nitrogen and oxygen atoms in total. The van der Waals surface area contributed by atoms with Gasteiger partial charge in [0.1, 0.15) is 11.0 Å². The molecular weight excluding hydrogens is 114 g/mol. The Bertz CT molecular complexity index is 282. The maximum atomic E-state index is 4.02. The third kappa shape index (κ3) is 0.579. The average molecular weight is 118 g/mol. The van der Waals surface area contributed by atoms with E-state index in [1.165, 1.54) is 0 Å². The summed E-state index contributed by atoms with van der Waals surface area (Å²) in [4.78, 5) is 10.8. The van der Waals surface area contributed by atoms with Crippen molar-refractivity contribution in [1.82, 2.24) is 15.0 Å². The molecule has 2 aromatic heterocycles. The van der Waals surface area contributed by atoms with Gasteiger partial charge in [0.2, 0.25) is 0 Å². The Balaban J connectivity index is 2.95. The molecule has 2 aromatic rings. The molecule has 0 bridgehead atoms. The first-order chi connectivity index (χ1) is 4.47. The molecule has 3 heteroatoms. The molecular formula is C6H4N3. The lowest BCUT2D eigenvalue weighted by atomic mass is 10.5. The van der Waals surface area contributed by atoms with E-state index >= 15 is 0 Å². The fourth-order valence-electron chi connectivity index (χ4n) is 0.724. The SMILES string of the molecule is [c]1[nH]cc2nccnc12. The number of aromatic nitrogens is 3. The first kappa shape index (κ1) is 4.49. The van der Waals surface area contributed by atoms with Gasteiger partial charge in [0.25, 0.3) is 0 Å². The summed E-state index contributed by atoms with van der Waals surface area (Å²) < 4.78 is 0. The third-order valence-corrected chi connectivity index (χ3v) is 1.13. The summed E-state index contributed by atoms with van der Waals surface area (Å²) in [6.45, 7) is 0. The number of nitrogens with one attached hydrogen (secondary N) is 1. The van der Waals surface area contributed by atoms with Crippen LogP contribution in [0.4, 0.5) is 0 Å². The molecule has 2 rings (SSSR count). The van der Waals surface area contributed by atoms with Crippen LogP contribution < -0.4 is 0 Å². The first-order valence-corrected chi connectivity index (χ1v) is 2.62. The second-order valence-corrected chi connectivity index (χ2v) is 1.70. The van der Waals surface area contributed by atoms with Gasteiger partial charge in [0.15, 0.2) is 0 Å². The van der Waals surface area contributed by atoms with Crippen LogP contribution in [0.2, 0.25) is 0 Å². The lowest BCUT2D eigenvalue weighted by Crippen LogP contribution is -1.73. The van der Waals surface area contributed by atoms with Gasteiger partial charge in [-0.25, -0.2) is 0 Å². The molecule has 0 unspecified atom stereocenters. The van der Waals surface area contributed by atoms with Crippen LogP contribution in [0.15, 0.2) is 18.6 Å². The van der Waals surface area contributed by atoms with Crippen LogP contribution in [0.25, 0.3) is 11.0 Å². The van der Waals surface area contributed by atoms with Crippen molar-refractivity contribution in [1.29, 1.82) is 0 Å². The van der Waals surface area contributed by atoms with Gasteiger partial charge in [-0.1, -0.05) is 0 Å². The number of hydrogen-bond acceptors (Lipinski definition) is 2. The minimum atomic E-state index is 0.789. The maximum Gasteiger partial charge on any atom is 0.116 e. The molecule has 1 N–H and O–H groups in total. The van der Waals surface area contributed by atoms with Crippen molar-refractivity contribution in [2.75, 3.05) is 0 Å². The van der Waals surface area contributed by atoms with E-state index < -0.39 is 0 Å².